The molecular weight excluding hydrogens is 290 g/mol. The first-order valence-corrected chi connectivity index (χ1v) is 8.10. The van der Waals surface area contributed by atoms with E-state index in [-0.39, 0.29) is 0 Å². The Bertz CT molecular complexity index is 598. The molecule has 0 unspecified atom stereocenters. The van der Waals surface area contributed by atoms with Gasteiger partial charge in [-0.25, -0.2) is 4.98 Å². The summed E-state index contributed by atoms with van der Waals surface area (Å²) in [7, 11) is 0. The van der Waals surface area contributed by atoms with Crippen molar-refractivity contribution in [2.75, 3.05) is 11.9 Å². The maximum atomic E-state index is 5.36. The molecule has 0 aliphatic heterocycles. The van der Waals surface area contributed by atoms with Crippen molar-refractivity contribution < 1.29 is 0 Å². The van der Waals surface area contributed by atoms with Crippen LogP contribution in [0.15, 0.2) is 48.7 Å². The third-order valence-corrected chi connectivity index (χ3v) is 3.98. The molecule has 1 atom stereocenters. The van der Waals surface area contributed by atoms with E-state index in [9.17, 15) is 0 Å². The smallest absolute Gasteiger partial charge is 0.171 e. The predicted octanol–water partition coefficient (Wildman–Crippen LogP) is 3.95. The Hall–Kier alpha value is -1.94. The van der Waals surface area contributed by atoms with Gasteiger partial charge in [-0.2, -0.15) is 0 Å². The molecule has 2 aromatic rings. The van der Waals surface area contributed by atoms with E-state index in [2.05, 4.69) is 52.9 Å². The third-order valence-electron chi connectivity index (χ3n) is 3.74. The number of rotatable bonds is 6. The van der Waals surface area contributed by atoms with Gasteiger partial charge < -0.3 is 10.6 Å². The first-order valence-electron chi connectivity index (χ1n) is 7.69. The molecule has 1 heterocycles. The van der Waals surface area contributed by atoms with Crippen molar-refractivity contribution in [2.45, 2.75) is 26.7 Å². The van der Waals surface area contributed by atoms with E-state index in [1.54, 1.807) is 6.20 Å². The van der Waals surface area contributed by atoms with Crippen LogP contribution < -0.4 is 10.6 Å². The van der Waals surface area contributed by atoms with Crippen molar-refractivity contribution in [3.05, 3.63) is 59.8 Å². The number of anilines is 1. The first-order chi connectivity index (χ1) is 10.7. The van der Waals surface area contributed by atoms with Crippen LogP contribution in [0.5, 0.6) is 0 Å². The van der Waals surface area contributed by atoms with Gasteiger partial charge in [0.15, 0.2) is 5.11 Å². The Labute approximate surface area is 138 Å². The van der Waals surface area contributed by atoms with Gasteiger partial charge in [0.25, 0.3) is 0 Å². The zero-order valence-corrected chi connectivity index (χ0v) is 14.0. The largest absolute Gasteiger partial charge is 0.362 e. The lowest BCUT2D eigenvalue weighted by atomic mass is 9.97. The standard InChI is InChI=1S/C18H23N3S/c1-3-15(12-16-9-5-4-6-10-16)13-20-18(22)21-17-14(2)8-7-11-19-17/h4-11,15H,3,12-13H2,1-2H3,(H2,19,20,21,22)/t15-/m0/s1. The topological polar surface area (TPSA) is 37.0 Å². The van der Waals surface area contributed by atoms with E-state index in [0.717, 1.165) is 30.8 Å². The molecule has 2 N–H and O–H groups in total. The summed E-state index contributed by atoms with van der Waals surface area (Å²) in [5, 5.41) is 7.11. The Balaban J connectivity index is 1.83. The monoisotopic (exact) mass is 313 g/mol. The highest BCUT2D eigenvalue weighted by Crippen LogP contribution is 2.12. The number of nitrogens with one attached hydrogen (secondary N) is 2. The van der Waals surface area contributed by atoms with E-state index < -0.39 is 0 Å². The second-order valence-corrected chi connectivity index (χ2v) is 5.88. The summed E-state index contributed by atoms with van der Waals surface area (Å²) < 4.78 is 0. The molecule has 0 aliphatic carbocycles. The fourth-order valence-corrected chi connectivity index (χ4v) is 2.49. The van der Waals surface area contributed by atoms with Crippen LogP contribution in [-0.4, -0.2) is 16.6 Å². The van der Waals surface area contributed by atoms with Gasteiger partial charge in [-0.15, -0.1) is 0 Å². The Morgan fingerprint density at radius 1 is 1.18 bits per heavy atom. The van der Waals surface area contributed by atoms with Crippen LogP contribution in [0.3, 0.4) is 0 Å². The third kappa shape index (κ3) is 5.11. The van der Waals surface area contributed by atoms with Gasteiger partial charge in [0.05, 0.1) is 0 Å². The number of benzene rings is 1. The zero-order chi connectivity index (χ0) is 15.8. The van der Waals surface area contributed by atoms with Crippen molar-refractivity contribution in [3.63, 3.8) is 0 Å². The highest BCUT2D eigenvalue weighted by atomic mass is 32.1. The molecule has 2 rings (SSSR count). The van der Waals surface area contributed by atoms with E-state index in [0.29, 0.717) is 11.0 Å². The predicted molar refractivity (Wildman–Crippen MR) is 97.1 cm³/mol. The lowest BCUT2D eigenvalue weighted by Gasteiger charge is -2.18. The van der Waals surface area contributed by atoms with Gasteiger partial charge in [-0.05, 0) is 48.7 Å². The molecule has 0 bridgehead atoms. The van der Waals surface area contributed by atoms with E-state index >= 15 is 0 Å². The summed E-state index contributed by atoms with van der Waals surface area (Å²) in [6.07, 6.45) is 3.95. The summed E-state index contributed by atoms with van der Waals surface area (Å²) in [4.78, 5) is 4.29. The minimum atomic E-state index is 0.562. The van der Waals surface area contributed by atoms with Crippen molar-refractivity contribution in [2.24, 2.45) is 5.92 Å². The zero-order valence-electron chi connectivity index (χ0n) is 13.2. The van der Waals surface area contributed by atoms with Crippen LogP contribution in [0.25, 0.3) is 0 Å². The lowest BCUT2D eigenvalue weighted by molar-refractivity contribution is 0.498. The maximum absolute atomic E-state index is 5.36. The molecule has 0 radical (unpaired) electrons. The molecule has 0 fully saturated rings. The van der Waals surface area contributed by atoms with Gasteiger partial charge >= 0.3 is 0 Å². The summed E-state index contributed by atoms with van der Waals surface area (Å²) in [6, 6.07) is 14.5. The van der Waals surface area contributed by atoms with Crippen LogP contribution in [0, 0.1) is 12.8 Å². The Morgan fingerprint density at radius 2 is 1.95 bits per heavy atom. The fourth-order valence-electron chi connectivity index (χ4n) is 2.31. The molecule has 0 saturated carbocycles. The summed E-state index contributed by atoms with van der Waals surface area (Å²) >= 11 is 5.36. The van der Waals surface area contributed by atoms with Crippen molar-refractivity contribution in [1.29, 1.82) is 0 Å². The number of thiocarbonyl (C=S) groups is 1. The molecule has 0 amide bonds. The van der Waals surface area contributed by atoms with Crippen molar-refractivity contribution >= 4 is 23.1 Å². The van der Waals surface area contributed by atoms with E-state index in [1.807, 2.05) is 19.1 Å². The second-order valence-electron chi connectivity index (χ2n) is 5.47. The normalized spacial score (nSPS) is 11.7. The van der Waals surface area contributed by atoms with E-state index in [1.165, 1.54) is 5.56 Å². The van der Waals surface area contributed by atoms with Crippen LogP contribution >= 0.6 is 12.2 Å². The van der Waals surface area contributed by atoms with Crippen molar-refractivity contribution in [3.8, 4) is 0 Å². The van der Waals surface area contributed by atoms with Gasteiger partial charge in [-0.3, -0.25) is 0 Å². The lowest BCUT2D eigenvalue weighted by Crippen LogP contribution is -2.33. The molecule has 22 heavy (non-hydrogen) atoms. The number of aromatic nitrogens is 1. The molecule has 1 aromatic carbocycles. The molecule has 4 heteroatoms. The number of nitrogens with zero attached hydrogens (tertiary/aromatic N) is 1. The molecular formula is C18H23N3S. The first kappa shape index (κ1) is 16.4. The average molecular weight is 313 g/mol. The van der Waals surface area contributed by atoms with Crippen LogP contribution in [-0.2, 0) is 6.42 Å². The number of hydrogen-bond donors (Lipinski definition) is 2. The average Bonchev–Trinajstić information content (AvgIpc) is 2.54. The van der Waals surface area contributed by atoms with Gasteiger partial charge in [0.1, 0.15) is 5.82 Å². The summed E-state index contributed by atoms with van der Waals surface area (Å²) in [5.74, 6) is 1.38. The van der Waals surface area contributed by atoms with Crippen LogP contribution in [0.1, 0.15) is 24.5 Å². The molecule has 0 spiro atoms. The Kier molecular flexibility index (Phi) is 6.34. The molecule has 0 aliphatic rings. The second kappa shape index (κ2) is 8.49. The van der Waals surface area contributed by atoms with Crippen molar-refractivity contribution in [1.82, 2.24) is 10.3 Å². The quantitative estimate of drug-likeness (QED) is 0.792. The highest BCUT2D eigenvalue weighted by molar-refractivity contribution is 7.80. The fraction of sp³-hybridized carbons (Fsp3) is 0.333. The minimum absolute atomic E-state index is 0.562. The maximum Gasteiger partial charge on any atom is 0.171 e. The summed E-state index contributed by atoms with van der Waals surface area (Å²) in [5.41, 5.74) is 2.46. The summed E-state index contributed by atoms with van der Waals surface area (Å²) in [6.45, 7) is 5.10. The molecule has 0 saturated heterocycles. The number of aryl methyl sites for hydroxylation is 1. The number of pyridine rings is 1. The molecule has 1 aromatic heterocycles. The highest BCUT2D eigenvalue weighted by Gasteiger charge is 2.09. The molecule has 3 nitrogen and oxygen atoms in total. The van der Waals surface area contributed by atoms with Gasteiger partial charge in [-0.1, -0.05) is 49.7 Å². The number of hydrogen-bond acceptors (Lipinski definition) is 2. The Morgan fingerprint density at radius 3 is 2.64 bits per heavy atom. The van der Waals surface area contributed by atoms with E-state index in [4.69, 9.17) is 12.2 Å². The van der Waals surface area contributed by atoms with Crippen LogP contribution in [0.2, 0.25) is 0 Å². The molecule has 116 valence electrons. The van der Waals surface area contributed by atoms with Gasteiger partial charge in [0, 0.05) is 12.7 Å². The van der Waals surface area contributed by atoms with Gasteiger partial charge in [0.2, 0.25) is 0 Å². The SMILES string of the molecule is CC[C@H](CNC(=S)Nc1ncccc1C)Cc1ccccc1. The van der Waals surface area contributed by atoms with Crippen LogP contribution in [0.4, 0.5) is 5.82 Å². The minimum Gasteiger partial charge on any atom is -0.362 e.